The quantitative estimate of drug-likeness (QED) is 0.888. The van der Waals surface area contributed by atoms with Crippen LogP contribution < -0.4 is 5.32 Å². The minimum atomic E-state index is -0.129. The maximum absolute atomic E-state index is 4.99. The van der Waals surface area contributed by atoms with Crippen LogP contribution in [-0.2, 0) is 11.0 Å². The zero-order valence-electron chi connectivity index (χ0n) is 13.1. The highest BCUT2D eigenvalue weighted by Gasteiger charge is 2.40. The van der Waals surface area contributed by atoms with Crippen LogP contribution in [0, 0.1) is 0 Å². The first-order chi connectivity index (χ1) is 9.97. The summed E-state index contributed by atoms with van der Waals surface area (Å²) in [4.78, 5) is 6.37. The smallest absolute Gasteiger partial charge is 0.118 e. The Bertz CT molecular complexity index is 642. The van der Waals surface area contributed by atoms with Gasteiger partial charge in [0.2, 0.25) is 0 Å². The highest BCUT2D eigenvalue weighted by molar-refractivity contribution is 7.99. The van der Waals surface area contributed by atoms with E-state index < -0.39 is 0 Å². The molecule has 1 unspecified atom stereocenters. The summed E-state index contributed by atoms with van der Waals surface area (Å²) in [5, 5.41) is 7.01. The largest absolute Gasteiger partial charge is 0.305 e. The molecule has 4 heteroatoms. The van der Waals surface area contributed by atoms with Crippen molar-refractivity contribution in [1.29, 1.82) is 0 Å². The minimum absolute atomic E-state index is 0.104. The van der Waals surface area contributed by atoms with Gasteiger partial charge in [-0.15, -0.1) is 23.1 Å². The fourth-order valence-electron chi connectivity index (χ4n) is 2.80. The molecule has 0 saturated heterocycles. The van der Waals surface area contributed by atoms with Gasteiger partial charge in [0.1, 0.15) is 5.01 Å². The third-order valence-electron chi connectivity index (χ3n) is 4.15. The van der Waals surface area contributed by atoms with E-state index in [-0.39, 0.29) is 11.0 Å². The van der Waals surface area contributed by atoms with Gasteiger partial charge in [-0.05, 0) is 25.1 Å². The van der Waals surface area contributed by atoms with Crippen molar-refractivity contribution in [1.82, 2.24) is 10.3 Å². The molecule has 1 aromatic carbocycles. The first-order valence-electron chi connectivity index (χ1n) is 7.35. The van der Waals surface area contributed by atoms with Gasteiger partial charge in [-0.1, -0.05) is 39.0 Å². The van der Waals surface area contributed by atoms with Gasteiger partial charge >= 0.3 is 0 Å². The zero-order chi connectivity index (χ0) is 15.1. The average Bonchev–Trinajstić information content (AvgIpc) is 2.97. The highest BCUT2D eigenvalue weighted by atomic mass is 32.2. The molecule has 3 rings (SSSR count). The molecule has 0 fully saturated rings. The molecule has 21 heavy (non-hydrogen) atoms. The van der Waals surface area contributed by atoms with Gasteiger partial charge in [-0.2, -0.15) is 0 Å². The fourth-order valence-corrected chi connectivity index (χ4v) is 5.29. The lowest BCUT2D eigenvalue weighted by Crippen LogP contribution is -2.43. The molecule has 2 heterocycles. The maximum Gasteiger partial charge on any atom is 0.118 e. The summed E-state index contributed by atoms with van der Waals surface area (Å²) < 4.78 is 0. The van der Waals surface area contributed by atoms with Crippen LogP contribution in [-0.4, -0.2) is 17.8 Å². The van der Waals surface area contributed by atoms with Crippen LogP contribution in [0.2, 0.25) is 0 Å². The number of nitrogens with zero attached hydrogens (tertiary/aromatic N) is 1. The van der Waals surface area contributed by atoms with E-state index >= 15 is 0 Å². The maximum atomic E-state index is 4.99. The Kier molecular flexibility index (Phi) is 3.89. The molecule has 2 nitrogen and oxygen atoms in total. The van der Waals surface area contributed by atoms with Gasteiger partial charge in [0.15, 0.2) is 0 Å². The number of nitrogens with one attached hydrogen (secondary N) is 1. The number of aromatic nitrogens is 1. The van der Waals surface area contributed by atoms with Crippen LogP contribution >= 0.6 is 23.1 Å². The van der Waals surface area contributed by atoms with Gasteiger partial charge in [-0.25, -0.2) is 4.98 Å². The molecule has 1 N–H and O–H groups in total. The molecule has 1 aromatic heterocycles. The Morgan fingerprint density at radius 2 is 2.00 bits per heavy atom. The predicted molar refractivity (Wildman–Crippen MR) is 92.4 cm³/mol. The van der Waals surface area contributed by atoms with Gasteiger partial charge < -0.3 is 5.32 Å². The second kappa shape index (κ2) is 5.41. The van der Waals surface area contributed by atoms with E-state index in [0.29, 0.717) is 0 Å². The fraction of sp³-hybridized carbons (Fsp3) is 0.471. The van der Waals surface area contributed by atoms with Crippen LogP contribution in [0.4, 0.5) is 0 Å². The van der Waals surface area contributed by atoms with E-state index in [9.17, 15) is 0 Å². The normalized spacial score (nSPS) is 22.1. The molecule has 0 amide bonds. The van der Waals surface area contributed by atoms with Crippen LogP contribution in [0.1, 0.15) is 43.5 Å². The number of thiazole rings is 1. The van der Waals surface area contributed by atoms with Crippen molar-refractivity contribution in [3.63, 3.8) is 0 Å². The lowest BCUT2D eigenvalue weighted by atomic mass is 9.87. The Morgan fingerprint density at radius 1 is 1.24 bits per heavy atom. The monoisotopic (exact) mass is 318 g/mol. The van der Waals surface area contributed by atoms with Gasteiger partial charge in [0, 0.05) is 21.4 Å². The van der Waals surface area contributed by atoms with Crippen LogP contribution in [0.5, 0.6) is 0 Å². The third-order valence-corrected chi connectivity index (χ3v) is 6.23. The molecule has 0 bridgehead atoms. The Hall–Kier alpha value is -0.840. The second-order valence-electron chi connectivity index (χ2n) is 6.54. The first kappa shape index (κ1) is 15.1. The Labute approximate surface area is 135 Å². The number of fused-ring (bicyclic) bond motifs is 1. The van der Waals surface area contributed by atoms with E-state index in [1.54, 1.807) is 11.3 Å². The van der Waals surface area contributed by atoms with Crippen molar-refractivity contribution in [2.75, 3.05) is 12.8 Å². The molecule has 2 aromatic rings. The molecule has 0 aliphatic carbocycles. The van der Waals surface area contributed by atoms with E-state index in [0.717, 1.165) is 12.2 Å². The Morgan fingerprint density at radius 3 is 2.67 bits per heavy atom. The highest BCUT2D eigenvalue weighted by Crippen LogP contribution is 2.45. The van der Waals surface area contributed by atoms with Gasteiger partial charge in [0.05, 0.1) is 11.2 Å². The average molecular weight is 319 g/mol. The first-order valence-corrected chi connectivity index (χ1v) is 9.21. The molecule has 1 atom stereocenters. The van der Waals surface area contributed by atoms with Crippen molar-refractivity contribution in [2.24, 2.45) is 0 Å². The molecular weight excluding hydrogens is 296 g/mol. The van der Waals surface area contributed by atoms with Gasteiger partial charge in [-0.3, -0.25) is 0 Å². The lowest BCUT2D eigenvalue weighted by molar-refractivity contribution is 0.409. The van der Waals surface area contributed by atoms with Crippen molar-refractivity contribution in [3.05, 3.63) is 45.9 Å². The summed E-state index contributed by atoms with van der Waals surface area (Å²) in [6.45, 7) is 6.67. The van der Waals surface area contributed by atoms with Crippen molar-refractivity contribution in [3.8, 4) is 0 Å². The summed E-state index contributed by atoms with van der Waals surface area (Å²) in [5.74, 6) is 1.13. The standard InChI is InChI=1S/C17H22N2S2/c1-16(2,3)14-11-21-15(19-14)17(18-4)9-10-20-13-8-6-5-7-12(13)17/h5-8,11,18H,9-10H2,1-4H3. The summed E-state index contributed by atoms with van der Waals surface area (Å²) in [7, 11) is 2.06. The number of rotatable bonds is 2. The van der Waals surface area contributed by atoms with Crippen molar-refractivity contribution < 1.29 is 0 Å². The molecule has 112 valence electrons. The third kappa shape index (κ3) is 2.54. The van der Waals surface area contributed by atoms with Crippen molar-refractivity contribution >= 4 is 23.1 Å². The molecule has 1 aliphatic rings. The number of hydrogen-bond acceptors (Lipinski definition) is 4. The van der Waals surface area contributed by atoms with E-state index in [1.165, 1.54) is 21.2 Å². The Balaban J connectivity index is 2.12. The molecule has 0 spiro atoms. The lowest BCUT2D eigenvalue weighted by Gasteiger charge is -2.37. The molecule has 1 aliphatic heterocycles. The zero-order valence-corrected chi connectivity index (χ0v) is 14.7. The van der Waals surface area contributed by atoms with Crippen LogP contribution in [0.15, 0.2) is 34.5 Å². The van der Waals surface area contributed by atoms with Crippen LogP contribution in [0.25, 0.3) is 0 Å². The van der Waals surface area contributed by atoms with Gasteiger partial charge in [0.25, 0.3) is 0 Å². The number of thioether (sulfide) groups is 1. The molecule has 0 saturated carbocycles. The summed E-state index contributed by atoms with van der Waals surface area (Å²) in [6.07, 6.45) is 1.09. The molecular formula is C17H22N2S2. The van der Waals surface area contributed by atoms with Crippen molar-refractivity contribution in [2.45, 2.75) is 43.0 Å². The summed E-state index contributed by atoms with van der Waals surface area (Å²) in [5.41, 5.74) is 2.54. The summed E-state index contributed by atoms with van der Waals surface area (Å²) in [6, 6.07) is 8.73. The van der Waals surface area contributed by atoms with E-state index in [4.69, 9.17) is 4.98 Å². The number of benzene rings is 1. The second-order valence-corrected chi connectivity index (χ2v) is 8.53. The topological polar surface area (TPSA) is 24.9 Å². The minimum Gasteiger partial charge on any atom is -0.305 e. The predicted octanol–water partition coefficient (Wildman–Crippen LogP) is 4.40. The van der Waals surface area contributed by atoms with Crippen LogP contribution in [0.3, 0.4) is 0 Å². The number of hydrogen-bond donors (Lipinski definition) is 1. The van der Waals surface area contributed by atoms with E-state index in [1.807, 2.05) is 11.8 Å². The summed E-state index contributed by atoms with van der Waals surface area (Å²) >= 11 is 3.74. The van der Waals surface area contributed by atoms with E-state index in [2.05, 4.69) is 62.8 Å². The SMILES string of the molecule is CNC1(c2nc(C(C)(C)C)cs2)CCSc2ccccc21. The molecule has 0 radical (unpaired) electrons.